The minimum absolute atomic E-state index is 0.475. The number of methoxy groups -OCH3 is 1. The fourth-order valence-electron chi connectivity index (χ4n) is 1.34. The second-order valence-corrected chi connectivity index (χ2v) is 3.02. The molecule has 0 radical (unpaired) electrons. The summed E-state index contributed by atoms with van der Waals surface area (Å²) in [4.78, 5) is 8.19. The van der Waals surface area contributed by atoms with E-state index in [2.05, 4.69) is 9.97 Å². The summed E-state index contributed by atoms with van der Waals surface area (Å²) < 4.78 is 5.22. The lowest BCUT2D eigenvalue weighted by Gasteiger charge is -2.07. The third-order valence-electron chi connectivity index (χ3n) is 2.05. The van der Waals surface area contributed by atoms with Crippen molar-refractivity contribution in [3.05, 3.63) is 36.7 Å². The maximum atomic E-state index is 5.64. The van der Waals surface area contributed by atoms with Crippen molar-refractivity contribution >= 4 is 5.82 Å². The average molecular weight is 201 g/mol. The fraction of sp³-hybridized carbons (Fsp3) is 0.0909. The summed E-state index contributed by atoms with van der Waals surface area (Å²) in [5.41, 5.74) is 7.31. The van der Waals surface area contributed by atoms with Gasteiger partial charge in [-0.3, -0.25) is 4.98 Å². The zero-order chi connectivity index (χ0) is 10.7. The molecule has 0 aliphatic heterocycles. The summed E-state index contributed by atoms with van der Waals surface area (Å²) in [6.45, 7) is 0. The number of hydrogen-bond donors (Lipinski definition) is 1. The second kappa shape index (κ2) is 3.96. The maximum absolute atomic E-state index is 5.64. The van der Waals surface area contributed by atoms with Gasteiger partial charge in [-0.25, -0.2) is 4.98 Å². The van der Waals surface area contributed by atoms with Crippen molar-refractivity contribution in [3.8, 4) is 17.0 Å². The largest absolute Gasteiger partial charge is 0.494 e. The normalized spacial score (nSPS) is 9.93. The molecule has 2 N–H and O–H groups in total. The first kappa shape index (κ1) is 9.45. The van der Waals surface area contributed by atoms with Gasteiger partial charge in [0, 0.05) is 18.0 Å². The van der Waals surface area contributed by atoms with Crippen molar-refractivity contribution in [2.45, 2.75) is 0 Å². The lowest BCUT2D eigenvalue weighted by molar-refractivity contribution is 0.415. The summed E-state index contributed by atoms with van der Waals surface area (Å²) in [5.74, 6) is 1.18. The molecule has 2 rings (SSSR count). The van der Waals surface area contributed by atoms with Crippen LogP contribution in [0, 0.1) is 0 Å². The number of rotatable bonds is 2. The Morgan fingerprint density at radius 1 is 1.13 bits per heavy atom. The van der Waals surface area contributed by atoms with Gasteiger partial charge >= 0.3 is 0 Å². The second-order valence-electron chi connectivity index (χ2n) is 3.02. The van der Waals surface area contributed by atoms with E-state index in [0.29, 0.717) is 11.6 Å². The first-order chi connectivity index (χ1) is 7.31. The first-order valence-electron chi connectivity index (χ1n) is 4.52. The Morgan fingerprint density at radius 3 is 2.53 bits per heavy atom. The number of pyridine rings is 2. The van der Waals surface area contributed by atoms with E-state index in [4.69, 9.17) is 10.5 Å². The van der Waals surface area contributed by atoms with Crippen molar-refractivity contribution in [2.75, 3.05) is 12.8 Å². The Bertz CT molecular complexity index is 457. The quantitative estimate of drug-likeness (QED) is 0.803. The molecular weight excluding hydrogens is 190 g/mol. The van der Waals surface area contributed by atoms with Crippen LogP contribution in [-0.4, -0.2) is 17.1 Å². The Balaban J connectivity index is 2.56. The van der Waals surface area contributed by atoms with Crippen LogP contribution in [0.4, 0.5) is 5.82 Å². The van der Waals surface area contributed by atoms with Crippen LogP contribution >= 0.6 is 0 Å². The van der Waals surface area contributed by atoms with E-state index in [1.165, 1.54) is 0 Å². The monoisotopic (exact) mass is 201 g/mol. The number of ether oxygens (including phenoxy) is 1. The van der Waals surface area contributed by atoms with Crippen molar-refractivity contribution in [1.29, 1.82) is 0 Å². The van der Waals surface area contributed by atoms with E-state index in [9.17, 15) is 0 Å². The fourth-order valence-corrected chi connectivity index (χ4v) is 1.34. The lowest BCUT2D eigenvalue weighted by Crippen LogP contribution is -1.95. The molecular formula is C11H11N3O. The van der Waals surface area contributed by atoms with Gasteiger partial charge in [0.05, 0.1) is 7.11 Å². The molecule has 15 heavy (non-hydrogen) atoms. The molecule has 4 heteroatoms. The zero-order valence-corrected chi connectivity index (χ0v) is 8.34. The number of aromatic nitrogens is 2. The minimum atomic E-state index is 0.475. The number of nitrogens with two attached hydrogens (primary N) is 1. The van der Waals surface area contributed by atoms with Crippen molar-refractivity contribution < 1.29 is 4.74 Å². The van der Waals surface area contributed by atoms with Gasteiger partial charge in [-0.15, -0.1) is 0 Å². The summed E-state index contributed by atoms with van der Waals surface area (Å²) >= 11 is 0. The lowest BCUT2D eigenvalue weighted by atomic mass is 10.1. The van der Waals surface area contributed by atoms with Gasteiger partial charge in [-0.05, 0) is 24.3 Å². The highest BCUT2D eigenvalue weighted by Gasteiger charge is 2.07. The molecule has 0 fully saturated rings. The predicted molar refractivity (Wildman–Crippen MR) is 58.4 cm³/mol. The first-order valence-corrected chi connectivity index (χ1v) is 4.52. The van der Waals surface area contributed by atoms with Gasteiger partial charge in [0.25, 0.3) is 0 Å². The van der Waals surface area contributed by atoms with Crippen LogP contribution in [0.25, 0.3) is 11.3 Å². The van der Waals surface area contributed by atoms with Crippen LogP contribution in [-0.2, 0) is 0 Å². The molecule has 0 unspecified atom stereocenters. The van der Waals surface area contributed by atoms with Crippen LogP contribution < -0.4 is 10.5 Å². The highest BCUT2D eigenvalue weighted by atomic mass is 16.5. The Labute approximate surface area is 87.7 Å². The number of anilines is 1. The van der Waals surface area contributed by atoms with Crippen LogP contribution in [0.1, 0.15) is 0 Å². The average Bonchev–Trinajstić information content (AvgIpc) is 2.30. The Kier molecular flexibility index (Phi) is 2.49. The van der Waals surface area contributed by atoms with Gasteiger partial charge < -0.3 is 10.5 Å². The molecule has 0 amide bonds. The van der Waals surface area contributed by atoms with Gasteiger partial charge in [-0.2, -0.15) is 0 Å². The maximum Gasteiger partial charge on any atom is 0.145 e. The number of nitrogen functional groups attached to an aromatic ring is 1. The molecule has 2 heterocycles. The summed E-state index contributed by atoms with van der Waals surface area (Å²) in [7, 11) is 1.61. The molecule has 0 spiro atoms. The molecule has 0 saturated heterocycles. The van der Waals surface area contributed by atoms with E-state index >= 15 is 0 Å². The van der Waals surface area contributed by atoms with E-state index < -0.39 is 0 Å². The standard InChI is InChI=1S/C11H11N3O/c1-15-9-2-3-10(12)14-11(9)8-4-6-13-7-5-8/h2-7H,1H3,(H2,12,14). The van der Waals surface area contributed by atoms with Crippen LogP contribution in [0.5, 0.6) is 5.75 Å². The summed E-state index contributed by atoms with van der Waals surface area (Å²) in [5, 5.41) is 0. The third-order valence-corrected chi connectivity index (χ3v) is 2.05. The molecule has 0 aliphatic rings. The molecule has 2 aromatic rings. The van der Waals surface area contributed by atoms with Gasteiger partial charge in [0.15, 0.2) is 0 Å². The van der Waals surface area contributed by atoms with Gasteiger partial charge in [0.1, 0.15) is 17.3 Å². The highest BCUT2D eigenvalue weighted by molar-refractivity contribution is 5.67. The van der Waals surface area contributed by atoms with E-state index in [-0.39, 0.29) is 0 Å². The van der Waals surface area contributed by atoms with Crippen LogP contribution in [0.2, 0.25) is 0 Å². The summed E-state index contributed by atoms with van der Waals surface area (Å²) in [6, 6.07) is 7.25. The third kappa shape index (κ3) is 1.88. The molecule has 0 bridgehead atoms. The van der Waals surface area contributed by atoms with Crippen LogP contribution in [0.15, 0.2) is 36.7 Å². The van der Waals surface area contributed by atoms with Crippen molar-refractivity contribution in [1.82, 2.24) is 9.97 Å². The molecule has 2 aromatic heterocycles. The highest BCUT2D eigenvalue weighted by Crippen LogP contribution is 2.27. The molecule has 0 aromatic carbocycles. The van der Waals surface area contributed by atoms with Gasteiger partial charge in [0.2, 0.25) is 0 Å². The molecule has 4 nitrogen and oxygen atoms in total. The van der Waals surface area contributed by atoms with Crippen molar-refractivity contribution in [3.63, 3.8) is 0 Å². The Hall–Kier alpha value is -2.10. The smallest absolute Gasteiger partial charge is 0.145 e. The topological polar surface area (TPSA) is 61.0 Å². The predicted octanol–water partition coefficient (Wildman–Crippen LogP) is 1.73. The minimum Gasteiger partial charge on any atom is -0.494 e. The molecule has 76 valence electrons. The number of hydrogen-bond acceptors (Lipinski definition) is 4. The number of nitrogens with zero attached hydrogens (tertiary/aromatic N) is 2. The molecule has 0 saturated carbocycles. The van der Waals surface area contributed by atoms with Gasteiger partial charge in [-0.1, -0.05) is 0 Å². The molecule has 0 aliphatic carbocycles. The van der Waals surface area contributed by atoms with E-state index in [1.807, 2.05) is 12.1 Å². The SMILES string of the molecule is COc1ccc(N)nc1-c1ccncc1. The Morgan fingerprint density at radius 2 is 1.87 bits per heavy atom. The van der Waals surface area contributed by atoms with E-state index in [1.54, 1.807) is 31.6 Å². The zero-order valence-electron chi connectivity index (χ0n) is 8.34. The molecule has 0 atom stereocenters. The summed E-state index contributed by atoms with van der Waals surface area (Å²) in [6.07, 6.45) is 3.42. The van der Waals surface area contributed by atoms with Crippen LogP contribution in [0.3, 0.4) is 0 Å². The van der Waals surface area contributed by atoms with E-state index in [0.717, 1.165) is 11.3 Å². The van der Waals surface area contributed by atoms with Crippen molar-refractivity contribution in [2.24, 2.45) is 0 Å².